The van der Waals surface area contributed by atoms with E-state index in [1.807, 2.05) is 57.2 Å². The smallest absolute Gasteiger partial charge is 0.357 e. The molecular formula is C105H135I3O11S4+6. The molecule has 1 aliphatic carbocycles. The van der Waals surface area contributed by atoms with Crippen LogP contribution in [0.2, 0.25) is 0 Å². The van der Waals surface area contributed by atoms with Gasteiger partial charge in [-0.05, 0) is 274 Å². The zero-order valence-electron chi connectivity index (χ0n) is 76.3. The lowest BCUT2D eigenvalue weighted by Crippen LogP contribution is -3.61. The SMILES string of the molecule is CC(C)(C)OC(=O)COc1ccc([I+]c2ccc(C(C)(C)C)cc2)cc1.CC(C)(C)c1ccc([I+]c2ccc(C(C)(C)C)cc2)cc1.CC(C)(C)c1ccc([S+]2CCOCC2)cc1.CC1(OC(=O)CSc2ccc([S+]3CCOCC3)cc2)CCCC1.COCCOc1ccc([S+]2CCCC2)c2ccccc12.COc1ccc([I+]c2ccc(OC)cc2)cc1. The average molecular weight is 2080 g/mol. The van der Waals surface area contributed by atoms with Gasteiger partial charge in [0.25, 0.3) is 0 Å². The second-order valence-electron chi connectivity index (χ2n) is 35.9. The summed E-state index contributed by atoms with van der Waals surface area (Å²) in [6.45, 7) is 39.5. The van der Waals surface area contributed by atoms with Crippen molar-refractivity contribution in [3.8, 4) is 23.0 Å². The summed E-state index contributed by atoms with van der Waals surface area (Å²) in [6, 6.07) is 82.9. The molecule has 0 amide bonds. The Balaban J connectivity index is 0.000000169. The highest BCUT2D eigenvalue weighted by atomic mass is 127. The molecule has 4 fully saturated rings. The lowest BCUT2D eigenvalue weighted by molar-refractivity contribution is -0.597. The predicted molar refractivity (Wildman–Crippen MR) is 505 cm³/mol. The van der Waals surface area contributed by atoms with Crippen molar-refractivity contribution in [2.45, 2.75) is 202 Å². The summed E-state index contributed by atoms with van der Waals surface area (Å²) >= 11 is 1.16. The fraction of sp³-hybridized carbons (Fsp3) is 0.429. The number of carbonyl (C=O) groups excluding carboxylic acids is 2. The molecular weight excluding hydrogens is 1950 g/mol. The minimum atomic E-state index is -0.489. The van der Waals surface area contributed by atoms with Gasteiger partial charge in [0.2, 0.25) is 0 Å². The number of carbonyl (C=O) groups is 2. The van der Waals surface area contributed by atoms with Crippen molar-refractivity contribution in [1.82, 2.24) is 0 Å². The maximum absolute atomic E-state index is 12.0. The van der Waals surface area contributed by atoms with Crippen molar-refractivity contribution in [1.29, 1.82) is 0 Å². The summed E-state index contributed by atoms with van der Waals surface area (Å²) < 4.78 is 56.9. The lowest BCUT2D eigenvalue weighted by Gasteiger charge is -2.23. The molecule has 0 N–H and O–H groups in total. The number of esters is 2. The fourth-order valence-corrected chi connectivity index (χ4v) is 26.9. The highest BCUT2D eigenvalue weighted by Crippen LogP contribution is 2.37. The van der Waals surface area contributed by atoms with Crippen molar-refractivity contribution >= 4 is 67.2 Å². The molecule has 4 aliphatic rings. The molecule has 660 valence electrons. The summed E-state index contributed by atoms with van der Waals surface area (Å²) in [5, 5.41) is 2.60. The maximum atomic E-state index is 12.0. The highest BCUT2D eigenvalue weighted by molar-refractivity contribution is 8.00. The number of ether oxygens (including phenoxy) is 9. The molecule has 10 aromatic carbocycles. The van der Waals surface area contributed by atoms with Crippen LogP contribution in [0.4, 0.5) is 0 Å². The Morgan fingerprint density at radius 2 is 0.756 bits per heavy atom. The number of thioether (sulfide) groups is 1. The van der Waals surface area contributed by atoms with Gasteiger partial charge in [0.1, 0.15) is 75.3 Å². The van der Waals surface area contributed by atoms with Gasteiger partial charge in [-0.15, -0.1) is 11.8 Å². The molecule has 10 aromatic rings. The number of benzene rings is 10. The van der Waals surface area contributed by atoms with Gasteiger partial charge in [-0.1, -0.05) is 150 Å². The van der Waals surface area contributed by atoms with Gasteiger partial charge >= 0.3 is 75.6 Å². The topological polar surface area (TPSA) is 117 Å². The van der Waals surface area contributed by atoms with Crippen LogP contribution < -0.4 is 82.6 Å². The molecule has 123 heavy (non-hydrogen) atoms. The van der Waals surface area contributed by atoms with Gasteiger partial charge in [-0.25, -0.2) is 4.79 Å². The van der Waals surface area contributed by atoms with Crippen LogP contribution in [-0.2, 0) is 87.6 Å². The van der Waals surface area contributed by atoms with E-state index in [0.29, 0.717) is 57.4 Å². The molecule has 3 aliphatic heterocycles. The maximum Gasteiger partial charge on any atom is 0.357 e. The van der Waals surface area contributed by atoms with Crippen molar-refractivity contribution in [2.75, 3.05) is 108 Å². The predicted octanol–water partition coefficient (Wildman–Crippen LogP) is 14.4. The van der Waals surface area contributed by atoms with Crippen molar-refractivity contribution < 1.29 is 116 Å². The van der Waals surface area contributed by atoms with Crippen molar-refractivity contribution in [3.63, 3.8) is 0 Å². The van der Waals surface area contributed by atoms with Crippen LogP contribution >= 0.6 is 11.8 Å². The van der Waals surface area contributed by atoms with Gasteiger partial charge in [-0.3, -0.25) is 4.79 Å². The molecule has 3 saturated heterocycles. The van der Waals surface area contributed by atoms with Crippen LogP contribution in [0.1, 0.15) is 172 Å². The Morgan fingerprint density at radius 3 is 1.13 bits per heavy atom. The normalized spacial score (nSPS) is 15.0. The van der Waals surface area contributed by atoms with E-state index < -0.39 is 5.60 Å². The molecule has 18 heteroatoms. The number of fused-ring (bicyclic) bond motifs is 1. The van der Waals surface area contributed by atoms with Gasteiger partial charge < -0.3 is 42.6 Å². The minimum absolute atomic E-state index is 0.0695. The van der Waals surface area contributed by atoms with Crippen molar-refractivity contribution in [3.05, 3.63) is 274 Å². The Morgan fingerprint density at radius 1 is 0.390 bits per heavy atom. The van der Waals surface area contributed by atoms with Crippen LogP contribution in [-0.4, -0.2) is 131 Å². The third-order valence-electron chi connectivity index (χ3n) is 20.7. The number of hydrogen-bond acceptors (Lipinski definition) is 12. The minimum Gasteiger partial charge on any atom is -0.497 e. The Bertz CT molecular complexity index is 4660. The summed E-state index contributed by atoms with van der Waals surface area (Å²) in [5.74, 6) is 10.8. The molecule has 11 nitrogen and oxygen atoms in total. The fourth-order valence-electron chi connectivity index (χ4n) is 13.6. The molecule has 0 atom stereocenters. The molecule has 0 spiro atoms. The molecule has 0 radical (unpaired) electrons. The van der Waals surface area contributed by atoms with Crippen LogP contribution in [0.15, 0.2) is 250 Å². The first kappa shape index (κ1) is 101. The van der Waals surface area contributed by atoms with Crippen LogP contribution in [0.3, 0.4) is 0 Å². The Kier molecular flexibility index (Phi) is 40.6. The van der Waals surface area contributed by atoms with Gasteiger partial charge in [0.15, 0.2) is 42.7 Å². The van der Waals surface area contributed by atoms with Crippen LogP contribution in [0, 0.1) is 21.4 Å². The summed E-state index contributed by atoms with van der Waals surface area (Å²) in [7, 11) is 6.28. The number of rotatable bonds is 22. The number of hydrogen-bond donors (Lipinski definition) is 0. The zero-order chi connectivity index (χ0) is 88.6. The van der Waals surface area contributed by atoms with Crippen LogP contribution in [0.5, 0.6) is 23.0 Å². The van der Waals surface area contributed by atoms with Gasteiger partial charge in [0, 0.05) is 55.5 Å². The first-order valence-electron chi connectivity index (χ1n) is 43.0. The largest absolute Gasteiger partial charge is 0.497 e. The van der Waals surface area contributed by atoms with Gasteiger partial charge in [-0.2, -0.15) is 0 Å². The molecule has 14 rings (SSSR count). The van der Waals surface area contributed by atoms with E-state index >= 15 is 0 Å². The monoisotopic (exact) mass is 2080 g/mol. The van der Waals surface area contributed by atoms with E-state index in [1.165, 1.54) is 118 Å². The third kappa shape index (κ3) is 35.2. The summed E-state index contributed by atoms with van der Waals surface area (Å²) in [6.07, 6.45) is 7.11. The standard InChI is InChI=1S/C22H28IO3.C20H26I.C18H25O3S2.C17H21O2S.C14H14IO2.C14H21OS/c1-21(2,3)16-7-9-17(10-8-16)23-18-11-13-19(14-12-18)25-15-20(24)26-22(4,5)6;1-19(2,3)15-7-11-17(12-8-15)21-18-13-9-16(10-14-18)20(4,5)6;1-18(8-2-3-9-18)21-17(19)14-22-15-4-6-16(7-5-15)23-12-10-20-11-13-23;1-18-10-11-19-16-8-9-17(20-12-4-5-13-20)15-7-3-2-6-14(15)16;1-16-13-7-3-11(4-8-13)15-12-5-9-14(17-2)10-6-12;1-14(2,3)12-4-6-13(7-5-12)16-10-8-15-9-11-16/h7-14H,15H2,1-6H3;7-14H,1-6H3;4-7H,2-3,8-14H2,1H3;2-3,6-9H,4-5,10-13H2,1H3;3-10H,1-2H3;4-7H,8-11H2,1-3H3/q6*+1. The molecule has 0 bridgehead atoms. The Hall–Kier alpha value is -5.93. The number of methoxy groups -OCH3 is 3. The van der Waals surface area contributed by atoms with E-state index in [0.717, 1.165) is 72.9 Å². The first-order chi connectivity index (χ1) is 58.6. The highest BCUT2D eigenvalue weighted by Gasteiger charge is 2.34. The van der Waals surface area contributed by atoms with Gasteiger partial charge in [0.05, 0.1) is 53.0 Å². The third-order valence-corrected chi connectivity index (χ3v) is 36.8. The second-order valence-corrected chi connectivity index (χ2v) is 52.9. The summed E-state index contributed by atoms with van der Waals surface area (Å²) in [4.78, 5) is 29.3. The first-order valence-corrected chi connectivity index (χ1v) is 55.1. The Labute approximate surface area is 782 Å². The molecule has 0 aromatic heterocycles. The van der Waals surface area contributed by atoms with Crippen molar-refractivity contribution in [2.24, 2.45) is 0 Å². The quantitative estimate of drug-likeness (QED) is 0.0211. The molecule has 3 heterocycles. The lowest BCUT2D eigenvalue weighted by atomic mass is 9.87. The van der Waals surface area contributed by atoms with E-state index in [1.54, 1.807) is 33.1 Å². The van der Waals surface area contributed by atoms with Crippen LogP contribution in [0.25, 0.3) is 10.8 Å². The number of halogens is 3. The van der Waals surface area contributed by atoms with E-state index in [2.05, 4.69) is 284 Å². The van der Waals surface area contributed by atoms with E-state index in [4.69, 9.17) is 42.6 Å². The zero-order valence-corrected chi connectivity index (χ0v) is 86.1. The summed E-state index contributed by atoms with van der Waals surface area (Å²) in [5.41, 5.74) is 5.83. The molecule has 0 unspecified atom stereocenters. The molecule has 1 saturated carbocycles. The van der Waals surface area contributed by atoms with E-state index in [9.17, 15) is 9.59 Å². The second kappa shape index (κ2) is 49.6. The average Bonchev–Trinajstić information content (AvgIpc) is 1.63. The van der Waals surface area contributed by atoms with E-state index in [-0.39, 0.29) is 109 Å².